The smallest absolute Gasteiger partial charge is 0.264 e. The van der Waals surface area contributed by atoms with Gasteiger partial charge in [-0.15, -0.1) is 11.3 Å². The number of amides is 1. The molecule has 34 heavy (non-hydrogen) atoms. The van der Waals surface area contributed by atoms with Gasteiger partial charge in [0.25, 0.3) is 5.91 Å². The second-order valence-corrected chi connectivity index (χ2v) is 9.62. The minimum Gasteiger partial charge on any atom is -0.378 e. The van der Waals surface area contributed by atoms with Gasteiger partial charge in [-0.05, 0) is 42.5 Å². The van der Waals surface area contributed by atoms with Crippen LogP contribution >= 0.6 is 11.3 Å². The largest absolute Gasteiger partial charge is 0.378 e. The highest BCUT2D eigenvalue weighted by atomic mass is 32.1. The average Bonchev–Trinajstić information content (AvgIpc) is 3.35. The van der Waals surface area contributed by atoms with Gasteiger partial charge in [0, 0.05) is 72.3 Å². The van der Waals surface area contributed by atoms with Gasteiger partial charge in [0.15, 0.2) is 0 Å². The zero-order valence-electron chi connectivity index (χ0n) is 18.8. The second kappa shape index (κ2) is 9.17. The lowest BCUT2D eigenvalue weighted by molar-refractivity contribution is 0.0741. The molecule has 6 rings (SSSR count). The van der Waals surface area contributed by atoms with Crippen molar-refractivity contribution >= 4 is 55.6 Å². The predicted molar refractivity (Wildman–Crippen MR) is 136 cm³/mol. The van der Waals surface area contributed by atoms with Crippen LogP contribution in [0.25, 0.3) is 21.0 Å². The molecule has 4 heterocycles. The van der Waals surface area contributed by atoms with Crippen molar-refractivity contribution in [2.24, 2.45) is 0 Å². The Kier molecular flexibility index (Phi) is 5.74. The average molecular weight is 475 g/mol. The monoisotopic (exact) mass is 474 g/mol. The van der Waals surface area contributed by atoms with Crippen LogP contribution in [0.3, 0.4) is 0 Å². The Hall–Kier alpha value is -3.27. The van der Waals surface area contributed by atoms with E-state index in [1.807, 2.05) is 35.4 Å². The second-order valence-electron chi connectivity index (χ2n) is 8.53. The number of hydrogen-bond acceptors (Lipinski definition) is 8. The number of morpholine rings is 1. The van der Waals surface area contributed by atoms with Crippen LogP contribution in [-0.4, -0.2) is 73.3 Å². The fourth-order valence-electron chi connectivity index (χ4n) is 4.50. The lowest BCUT2D eigenvalue weighted by atomic mass is 10.1. The minimum absolute atomic E-state index is 0.101. The number of carbonyl (C=O) groups excluding carboxylic acids is 1. The van der Waals surface area contributed by atoms with Gasteiger partial charge in [0.2, 0.25) is 5.95 Å². The molecule has 2 aromatic heterocycles. The van der Waals surface area contributed by atoms with Crippen LogP contribution in [0, 0.1) is 0 Å². The van der Waals surface area contributed by atoms with Crippen LogP contribution in [0.15, 0.2) is 48.7 Å². The molecule has 8 nitrogen and oxygen atoms in total. The van der Waals surface area contributed by atoms with Crippen LogP contribution in [0.1, 0.15) is 9.67 Å². The fraction of sp³-hybridized carbons (Fsp3) is 0.320. The van der Waals surface area contributed by atoms with Crippen LogP contribution in [0.5, 0.6) is 0 Å². The molecule has 0 saturated carbocycles. The number of rotatable bonds is 4. The Labute approximate surface area is 201 Å². The number of fused-ring (bicyclic) bond motifs is 3. The number of anilines is 3. The molecule has 0 unspecified atom stereocenters. The first-order valence-corrected chi connectivity index (χ1v) is 12.5. The molecule has 9 heteroatoms. The summed E-state index contributed by atoms with van der Waals surface area (Å²) in [5, 5.41) is 8.58. The van der Waals surface area contributed by atoms with E-state index in [0.717, 1.165) is 84.0 Å². The summed E-state index contributed by atoms with van der Waals surface area (Å²) in [4.78, 5) is 27.3. The van der Waals surface area contributed by atoms with E-state index < -0.39 is 0 Å². The number of thiophene rings is 1. The molecule has 0 spiro atoms. The first-order chi connectivity index (χ1) is 16.7. The number of benzene rings is 2. The summed E-state index contributed by atoms with van der Waals surface area (Å²) in [5.41, 5.74) is 2.98. The quantitative estimate of drug-likeness (QED) is 0.469. The zero-order valence-corrected chi connectivity index (χ0v) is 19.6. The topological polar surface area (TPSA) is 82.6 Å². The maximum absolute atomic E-state index is 13.0. The number of ether oxygens (including phenoxy) is 1. The van der Waals surface area contributed by atoms with Crippen LogP contribution in [0.2, 0.25) is 0 Å². The molecular weight excluding hydrogens is 448 g/mol. The summed E-state index contributed by atoms with van der Waals surface area (Å²) in [7, 11) is 0. The molecule has 0 aliphatic carbocycles. The molecule has 2 N–H and O–H groups in total. The Bertz CT molecular complexity index is 1330. The SMILES string of the molecule is O=C(c1cc2c(ccc3cnc(Nc4ccc(N5CCOCC5)cc4)nc32)s1)N1CCNCC1. The number of hydrogen-bond donors (Lipinski definition) is 2. The number of nitrogens with zero attached hydrogens (tertiary/aromatic N) is 4. The van der Waals surface area contributed by atoms with Gasteiger partial charge in [-0.3, -0.25) is 4.79 Å². The standard InChI is InChI=1S/C25H26N6O2S/c32-24(31-9-7-26-8-10-31)22-15-20-21(34-22)6-1-17-16-27-25(29-23(17)20)28-18-2-4-19(5-3-18)30-11-13-33-14-12-30/h1-6,15-16,26H,7-14H2,(H,27,28,29). The lowest BCUT2D eigenvalue weighted by Crippen LogP contribution is -2.46. The predicted octanol–water partition coefficient (Wildman–Crippen LogP) is 3.47. The molecule has 0 bridgehead atoms. The third-order valence-corrected chi connectivity index (χ3v) is 7.45. The van der Waals surface area contributed by atoms with E-state index in [2.05, 4.69) is 38.7 Å². The lowest BCUT2D eigenvalue weighted by Gasteiger charge is -2.28. The van der Waals surface area contributed by atoms with E-state index in [1.54, 1.807) is 0 Å². The van der Waals surface area contributed by atoms with E-state index in [0.29, 0.717) is 5.95 Å². The van der Waals surface area contributed by atoms with Crippen molar-refractivity contribution in [3.8, 4) is 0 Å². The summed E-state index contributed by atoms with van der Waals surface area (Å²) < 4.78 is 6.50. The van der Waals surface area contributed by atoms with Gasteiger partial charge in [-0.25, -0.2) is 9.97 Å². The Morgan fingerprint density at radius 1 is 1.03 bits per heavy atom. The zero-order chi connectivity index (χ0) is 22.9. The molecule has 0 atom stereocenters. The minimum atomic E-state index is 0.101. The Morgan fingerprint density at radius 3 is 2.62 bits per heavy atom. The fourth-order valence-corrected chi connectivity index (χ4v) is 5.54. The van der Waals surface area contributed by atoms with E-state index >= 15 is 0 Å². The number of aromatic nitrogens is 2. The molecule has 0 radical (unpaired) electrons. The highest BCUT2D eigenvalue weighted by Gasteiger charge is 2.21. The van der Waals surface area contributed by atoms with Gasteiger partial charge in [-0.2, -0.15) is 0 Å². The Balaban J connectivity index is 1.26. The third kappa shape index (κ3) is 4.18. The van der Waals surface area contributed by atoms with Gasteiger partial charge < -0.3 is 25.2 Å². The maximum Gasteiger partial charge on any atom is 0.264 e. The molecule has 2 fully saturated rings. The summed E-state index contributed by atoms with van der Waals surface area (Å²) in [6.07, 6.45) is 1.83. The highest BCUT2D eigenvalue weighted by Crippen LogP contribution is 2.32. The first kappa shape index (κ1) is 21.3. The first-order valence-electron chi connectivity index (χ1n) is 11.6. The molecule has 2 aromatic carbocycles. The van der Waals surface area contributed by atoms with Gasteiger partial charge in [0.1, 0.15) is 0 Å². The van der Waals surface area contributed by atoms with Crippen molar-refractivity contribution in [3.05, 3.63) is 53.5 Å². The van der Waals surface area contributed by atoms with Gasteiger partial charge in [0.05, 0.1) is 23.6 Å². The van der Waals surface area contributed by atoms with Crippen LogP contribution in [0.4, 0.5) is 17.3 Å². The molecule has 2 saturated heterocycles. The van der Waals surface area contributed by atoms with Crippen molar-refractivity contribution in [2.75, 3.05) is 62.7 Å². The van der Waals surface area contributed by atoms with Crippen molar-refractivity contribution in [3.63, 3.8) is 0 Å². The third-order valence-electron chi connectivity index (χ3n) is 6.36. The summed E-state index contributed by atoms with van der Waals surface area (Å²) in [5.74, 6) is 0.643. The molecule has 2 aliphatic heterocycles. The van der Waals surface area contributed by atoms with E-state index in [4.69, 9.17) is 9.72 Å². The van der Waals surface area contributed by atoms with Crippen molar-refractivity contribution in [1.82, 2.24) is 20.2 Å². The number of carbonyl (C=O) groups is 1. The molecule has 1 amide bonds. The molecule has 4 aromatic rings. The van der Waals surface area contributed by atoms with E-state index in [-0.39, 0.29) is 5.91 Å². The van der Waals surface area contributed by atoms with Crippen molar-refractivity contribution in [1.29, 1.82) is 0 Å². The van der Waals surface area contributed by atoms with E-state index in [9.17, 15) is 4.79 Å². The molecule has 174 valence electrons. The van der Waals surface area contributed by atoms with E-state index in [1.165, 1.54) is 17.0 Å². The number of piperazine rings is 1. The summed E-state index contributed by atoms with van der Waals surface area (Å²) in [6.45, 7) is 6.54. The molecule has 2 aliphatic rings. The van der Waals surface area contributed by atoms with Crippen LogP contribution < -0.4 is 15.5 Å². The Morgan fingerprint density at radius 2 is 1.82 bits per heavy atom. The summed E-state index contributed by atoms with van der Waals surface area (Å²) in [6, 6.07) is 14.4. The van der Waals surface area contributed by atoms with Gasteiger partial charge in [-0.1, -0.05) is 0 Å². The van der Waals surface area contributed by atoms with Crippen molar-refractivity contribution < 1.29 is 9.53 Å². The highest BCUT2D eigenvalue weighted by molar-refractivity contribution is 7.21. The summed E-state index contributed by atoms with van der Waals surface area (Å²) >= 11 is 1.53. The normalized spacial score (nSPS) is 16.8. The number of nitrogens with one attached hydrogen (secondary N) is 2. The molecular formula is C25H26N6O2S. The maximum atomic E-state index is 13.0. The van der Waals surface area contributed by atoms with Gasteiger partial charge >= 0.3 is 0 Å². The van der Waals surface area contributed by atoms with Crippen molar-refractivity contribution in [2.45, 2.75) is 0 Å². The van der Waals surface area contributed by atoms with Crippen LogP contribution in [-0.2, 0) is 4.74 Å².